The van der Waals surface area contributed by atoms with E-state index in [0.717, 1.165) is 17.0 Å². The summed E-state index contributed by atoms with van der Waals surface area (Å²) in [6, 6.07) is 4.56. The second-order valence-electron chi connectivity index (χ2n) is 5.72. The maximum atomic E-state index is 12.0. The summed E-state index contributed by atoms with van der Waals surface area (Å²) >= 11 is 11.8. The molecule has 0 atom stereocenters. The number of sulfonamides is 1. The minimum atomic E-state index is -3.53. The number of anilines is 1. The number of carbonyl (C=O) groups excluding carboxylic acids is 1. The molecule has 1 aromatic rings. The van der Waals surface area contributed by atoms with Crippen LogP contribution in [0.4, 0.5) is 5.69 Å². The number of nitrogens with one attached hydrogen (secondary N) is 1. The number of rotatable bonds is 8. The van der Waals surface area contributed by atoms with Crippen LogP contribution in [0, 0.1) is 5.92 Å². The molecule has 0 radical (unpaired) electrons. The van der Waals surface area contributed by atoms with Crippen molar-refractivity contribution in [1.82, 2.24) is 5.32 Å². The van der Waals surface area contributed by atoms with Crippen LogP contribution in [0.3, 0.4) is 0 Å². The summed E-state index contributed by atoms with van der Waals surface area (Å²) in [5.74, 6) is 0.318. The van der Waals surface area contributed by atoms with E-state index in [9.17, 15) is 13.2 Å². The summed E-state index contributed by atoms with van der Waals surface area (Å²) in [6.07, 6.45) is 2.05. The SMILES string of the molecule is CC(C)CCNC(=O)CCN(c1ccc(Cl)c(Cl)c1)S(C)(=O)=O. The number of amides is 1. The maximum Gasteiger partial charge on any atom is 0.232 e. The minimum absolute atomic E-state index is 0.0459. The van der Waals surface area contributed by atoms with Crippen LogP contribution >= 0.6 is 23.2 Å². The topological polar surface area (TPSA) is 66.5 Å². The van der Waals surface area contributed by atoms with Crippen LogP contribution in [0.1, 0.15) is 26.7 Å². The first kappa shape index (κ1) is 20.1. The Morgan fingerprint density at radius 3 is 2.43 bits per heavy atom. The number of halogens is 2. The predicted molar refractivity (Wildman–Crippen MR) is 95.7 cm³/mol. The van der Waals surface area contributed by atoms with E-state index in [1.807, 2.05) is 0 Å². The first-order valence-corrected chi connectivity index (χ1v) is 9.91. The van der Waals surface area contributed by atoms with Crippen molar-refractivity contribution in [3.05, 3.63) is 28.2 Å². The first-order valence-electron chi connectivity index (χ1n) is 7.30. The van der Waals surface area contributed by atoms with Crippen LogP contribution in [-0.2, 0) is 14.8 Å². The van der Waals surface area contributed by atoms with Gasteiger partial charge in [-0.1, -0.05) is 37.0 Å². The molecule has 0 saturated carbocycles. The molecule has 0 heterocycles. The highest BCUT2D eigenvalue weighted by atomic mass is 35.5. The molecule has 0 spiro atoms. The van der Waals surface area contributed by atoms with Gasteiger partial charge in [-0.25, -0.2) is 8.42 Å². The van der Waals surface area contributed by atoms with Crippen LogP contribution in [-0.4, -0.2) is 33.7 Å². The molecule has 1 amide bonds. The lowest BCUT2D eigenvalue weighted by Crippen LogP contribution is -2.35. The monoisotopic (exact) mass is 380 g/mol. The highest BCUT2D eigenvalue weighted by molar-refractivity contribution is 7.92. The molecule has 0 unspecified atom stereocenters. The van der Waals surface area contributed by atoms with Crippen LogP contribution < -0.4 is 9.62 Å². The van der Waals surface area contributed by atoms with E-state index < -0.39 is 10.0 Å². The molecule has 0 aliphatic rings. The van der Waals surface area contributed by atoms with Gasteiger partial charge in [-0.2, -0.15) is 0 Å². The summed E-state index contributed by atoms with van der Waals surface area (Å²) in [7, 11) is -3.53. The summed E-state index contributed by atoms with van der Waals surface area (Å²) in [6.45, 7) is 4.77. The Kier molecular flexibility index (Phi) is 7.64. The molecule has 1 aromatic carbocycles. The predicted octanol–water partition coefficient (Wildman–Crippen LogP) is 3.31. The molecule has 0 saturated heterocycles. The Bertz CT molecular complexity index is 648. The average molecular weight is 381 g/mol. The standard InChI is InChI=1S/C15H22Cl2N2O3S/c1-11(2)6-8-18-15(20)7-9-19(23(3,21)22)12-4-5-13(16)14(17)10-12/h4-5,10-11H,6-9H2,1-3H3,(H,18,20). The highest BCUT2D eigenvalue weighted by Crippen LogP contribution is 2.28. The zero-order valence-corrected chi connectivity index (χ0v) is 15.8. The molecule has 0 aliphatic heterocycles. The molecule has 1 N–H and O–H groups in total. The van der Waals surface area contributed by atoms with Crippen molar-refractivity contribution >= 4 is 44.8 Å². The average Bonchev–Trinajstić information content (AvgIpc) is 2.41. The molecule has 23 heavy (non-hydrogen) atoms. The molecule has 0 fully saturated rings. The van der Waals surface area contributed by atoms with Crippen molar-refractivity contribution in [3.63, 3.8) is 0 Å². The zero-order chi connectivity index (χ0) is 17.6. The van der Waals surface area contributed by atoms with Gasteiger partial charge < -0.3 is 5.32 Å². The molecule has 0 aliphatic carbocycles. The molecule has 5 nitrogen and oxygen atoms in total. The Morgan fingerprint density at radius 2 is 1.91 bits per heavy atom. The van der Waals surface area contributed by atoms with Gasteiger partial charge in [-0.3, -0.25) is 9.10 Å². The first-order chi connectivity index (χ1) is 10.6. The molecule has 1 rings (SSSR count). The van der Waals surface area contributed by atoms with E-state index in [2.05, 4.69) is 19.2 Å². The van der Waals surface area contributed by atoms with Crippen molar-refractivity contribution in [3.8, 4) is 0 Å². The molecule has 8 heteroatoms. The minimum Gasteiger partial charge on any atom is -0.356 e. The number of benzene rings is 1. The maximum absolute atomic E-state index is 12.0. The van der Waals surface area contributed by atoms with Crippen molar-refractivity contribution in [2.24, 2.45) is 5.92 Å². The van der Waals surface area contributed by atoms with Gasteiger partial charge >= 0.3 is 0 Å². The lowest BCUT2D eigenvalue weighted by molar-refractivity contribution is -0.120. The molecule has 0 bridgehead atoms. The van der Waals surface area contributed by atoms with Gasteiger partial charge in [0.05, 0.1) is 22.0 Å². The van der Waals surface area contributed by atoms with Crippen LogP contribution in [0.25, 0.3) is 0 Å². The van der Waals surface area contributed by atoms with E-state index in [1.165, 1.54) is 12.1 Å². The van der Waals surface area contributed by atoms with Gasteiger partial charge in [0.2, 0.25) is 15.9 Å². The highest BCUT2D eigenvalue weighted by Gasteiger charge is 2.19. The smallest absolute Gasteiger partial charge is 0.232 e. The van der Waals surface area contributed by atoms with E-state index >= 15 is 0 Å². The Labute approximate surface area is 148 Å². The van der Waals surface area contributed by atoms with E-state index in [0.29, 0.717) is 23.2 Å². The molecule has 130 valence electrons. The number of hydrogen-bond donors (Lipinski definition) is 1. The van der Waals surface area contributed by atoms with Crippen molar-refractivity contribution in [1.29, 1.82) is 0 Å². The second-order valence-corrected chi connectivity index (χ2v) is 8.44. The van der Waals surface area contributed by atoms with Crippen LogP contribution in [0.2, 0.25) is 10.0 Å². The van der Waals surface area contributed by atoms with Gasteiger partial charge in [-0.15, -0.1) is 0 Å². The van der Waals surface area contributed by atoms with E-state index in [-0.39, 0.29) is 23.9 Å². The van der Waals surface area contributed by atoms with Crippen LogP contribution in [0.5, 0.6) is 0 Å². The van der Waals surface area contributed by atoms with Gasteiger partial charge in [0.25, 0.3) is 0 Å². The van der Waals surface area contributed by atoms with Gasteiger partial charge in [0.15, 0.2) is 0 Å². The summed E-state index contributed by atoms with van der Waals surface area (Å²) in [5, 5.41) is 3.39. The lowest BCUT2D eigenvalue weighted by Gasteiger charge is -2.22. The third-order valence-corrected chi connectivity index (χ3v) is 5.11. The van der Waals surface area contributed by atoms with Gasteiger partial charge in [-0.05, 0) is 30.5 Å². The van der Waals surface area contributed by atoms with E-state index in [1.54, 1.807) is 6.07 Å². The Balaban J connectivity index is 2.73. The zero-order valence-electron chi connectivity index (χ0n) is 13.5. The number of hydrogen-bond acceptors (Lipinski definition) is 3. The quantitative estimate of drug-likeness (QED) is 0.751. The third-order valence-electron chi connectivity index (χ3n) is 3.18. The third kappa shape index (κ3) is 6.97. The molecular weight excluding hydrogens is 359 g/mol. The van der Waals surface area contributed by atoms with Gasteiger partial charge in [0.1, 0.15) is 0 Å². The van der Waals surface area contributed by atoms with Crippen LogP contribution in [0.15, 0.2) is 18.2 Å². The van der Waals surface area contributed by atoms with Crippen molar-refractivity contribution in [2.45, 2.75) is 26.7 Å². The fourth-order valence-corrected chi connectivity index (χ4v) is 3.13. The van der Waals surface area contributed by atoms with Gasteiger partial charge in [0, 0.05) is 19.5 Å². The summed E-state index contributed by atoms with van der Waals surface area (Å²) in [5.41, 5.74) is 0.386. The Morgan fingerprint density at radius 1 is 1.26 bits per heavy atom. The van der Waals surface area contributed by atoms with E-state index in [4.69, 9.17) is 23.2 Å². The number of nitrogens with zero attached hydrogens (tertiary/aromatic N) is 1. The largest absolute Gasteiger partial charge is 0.356 e. The normalized spacial score (nSPS) is 11.6. The summed E-state index contributed by atoms with van der Waals surface area (Å²) < 4.78 is 25.1. The van der Waals surface area contributed by atoms with Crippen molar-refractivity contribution in [2.75, 3.05) is 23.7 Å². The fourth-order valence-electron chi connectivity index (χ4n) is 1.92. The number of carbonyl (C=O) groups is 1. The summed E-state index contributed by atoms with van der Waals surface area (Å²) in [4.78, 5) is 11.8. The lowest BCUT2D eigenvalue weighted by atomic mass is 10.1. The van der Waals surface area contributed by atoms with Crippen molar-refractivity contribution < 1.29 is 13.2 Å². The fraction of sp³-hybridized carbons (Fsp3) is 0.533. The Hall–Kier alpha value is -0.980. The second kappa shape index (κ2) is 8.76. The molecular formula is C15H22Cl2N2O3S. The molecule has 0 aromatic heterocycles.